The third kappa shape index (κ3) is 0.828. The van der Waals surface area contributed by atoms with Crippen LogP contribution in [0.2, 0.25) is 0 Å². The summed E-state index contributed by atoms with van der Waals surface area (Å²) in [5, 5.41) is 2.99. The highest BCUT2D eigenvalue weighted by atomic mass is 19.3. The van der Waals surface area contributed by atoms with Gasteiger partial charge in [0, 0.05) is 6.07 Å². The molecule has 0 aliphatic heterocycles. The summed E-state index contributed by atoms with van der Waals surface area (Å²) >= 11 is 0. The zero-order chi connectivity index (χ0) is 5.98. The number of alkyl halides is 2. The van der Waals surface area contributed by atoms with Crippen LogP contribution in [0.4, 0.5) is 8.78 Å². The van der Waals surface area contributed by atoms with Crippen LogP contribution in [0.15, 0.2) is 16.9 Å². The quantitative estimate of drug-likeness (QED) is 0.561. The Morgan fingerprint density at radius 3 is 2.62 bits per heavy atom. The fraction of sp³-hybridized carbons (Fsp3) is 0.250. The summed E-state index contributed by atoms with van der Waals surface area (Å²) in [4.78, 5) is 0. The second-order valence-electron chi connectivity index (χ2n) is 1.23. The van der Waals surface area contributed by atoms with Crippen molar-refractivity contribution in [1.29, 1.82) is 0 Å². The molecule has 0 aromatic carbocycles. The molecule has 0 spiro atoms. The van der Waals surface area contributed by atoms with Crippen molar-refractivity contribution in [2.75, 3.05) is 0 Å². The maximum absolute atomic E-state index is 11.5. The lowest BCUT2D eigenvalue weighted by Gasteiger charge is -1.84. The maximum atomic E-state index is 11.5. The van der Waals surface area contributed by atoms with Crippen LogP contribution in [-0.2, 0) is 0 Å². The molecule has 0 atom stereocenters. The molecule has 0 aliphatic carbocycles. The Morgan fingerprint density at radius 1 is 1.62 bits per heavy atom. The normalized spacial score (nSPS) is 10.4. The molecule has 1 aromatic heterocycles. The molecule has 2 nitrogen and oxygen atoms in total. The Kier molecular flexibility index (Phi) is 1.24. The molecule has 1 heterocycles. The molecule has 0 amide bonds. The highest BCUT2D eigenvalue weighted by molar-refractivity contribution is 4.95. The molecule has 0 fully saturated rings. The van der Waals surface area contributed by atoms with Crippen molar-refractivity contribution >= 4 is 0 Å². The van der Waals surface area contributed by atoms with Gasteiger partial charge in [-0.3, -0.25) is 0 Å². The summed E-state index contributed by atoms with van der Waals surface area (Å²) in [7, 11) is 0. The molecule has 0 bridgehead atoms. The third-order valence-corrected chi connectivity index (χ3v) is 0.681. The summed E-state index contributed by atoms with van der Waals surface area (Å²) in [5.41, 5.74) is -0.315. The zero-order valence-corrected chi connectivity index (χ0v) is 3.84. The lowest BCUT2D eigenvalue weighted by Crippen LogP contribution is -1.79. The SMILES string of the molecule is FC(F)c1ccon1. The summed E-state index contributed by atoms with van der Waals surface area (Å²) in [5.74, 6) is 0. The van der Waals surface area contributed by atoms with Gasteiger partial charge in [0.25, 0.3) is 6.43 Å². The van der Waals surface area contributed by atoms with Gasteiger partial charge in [-0.1, -0.05) is 5.16 Å². The molecule has 0 N–H and O–H groups in total. The second kappa shape index (κ2) is 1.90. The van der Waals surface area contributed by atoms with E-state index in [2.05, 4.69) is 9.68 Å². The average Bonchev–Trinajstić information content (AvgIpc) is 2.12. The van der Waals surface area contributed by atoms with Crippen LogP contribution in [0.1, 0.15) is 12.1 Å². The van der Waals surface area contributed by atoms with E-state index in [0.717, 1.165) is 12.3 Å². The van der Waals surface area contributed by atoms with Gasteiger partial charge < -0.3 is 4.52 Å². The summed E-state index contributed by atoms with van der Waals surface area (Å²) in [6.07, 6.45) is -1.41. The van der Waals surface area contributed by atoms with E-state index in [1.165, 1.54) is 0 Å². The molecular formula is C4H3F2NO. The van der Waals surface area contributed by atoms with Crippen molar-refractivity contribution in [1.82, 2.24) is 5.16 Å². The minimum atomic E-state index is -2.52. The van der Waals surface area contributed by atoms with Crippen LogP contribution >= 0.6 is 0 Å². The standard InChI is InChI=1S/C4H3F2NO/c5-4(6)3-1-2-8-7-3/h1-2,4H. The third-order valence-electron chi connectivity index (χ3n) is 0.681. The van der Waals surface area contributed by atoms with Gasteiger partial charge in [0.15, 0.2) is 0 Å². The van der Waals surface area contributed by atoms with Gasteiger partial charge in [0.1, 0.15) is 12.0 Å². The molecule has 0 unspecified atom stereocenters. The number of rotatable bonds is 1. The minimum absolute atomic E-state index is 0.315. The first kappa shape index (κ1) is 5.21. The van der Waals surface area contributed by atoms with Crippen molar-refractivity contribution < 1.29 is 13.3 Å². The molecule has 1 rings (SSSR count). The fourth-order valence-corrected chi connectivity index (χ4v) is 0.334. The molecule has 4 heteroatoms. The molecule has 0 saturated carbocycles. The van der Waals surface area contributed by atoms with Gasteiger partial charge in [-0.05, 0) is 0 Å². The van der Waals surface area contributed by atoms with Crippen LogP contribution in [0.25, 0.3) is 0 Å². The Balaban J connectivity index is 2.77. The highest BCUT2D eigenvalue weighted by Crippen LogP contribution is 2.14. The van der Waals surface area contributed by atoms with E-state index in [9.17, 15) is 8.78 Å². The Morgan fingerprint density at radius 2 is 2.38 bits per heavy atom. The zero-order valence-electron chi connectivity index (χ0n) is 3.84. The van der Waals surface area contributed by atoms with Gasteiger partial charge >= 0.3 is 0 Å². The Labute approximate surface area is 44.1 Å². The van der Waals surface area contributed by atoms with Crippen molar-refractivity contribution in [3.63, 3.8) is 0 Å². The first-order chi connectivity index (χ1) is 3.80. The average molecular weight is 119 g/mol. The summed E-state index contributed by atoms with van der Waals surface area (Å²) < 4.78 is 27.1. The van der Waals surface area contributed by atoms with E-state index in [4.69, 9.17) is 0 Å². The van der Waals surface area contributed by atoms with E-state index < -0.39 is 6.43 Å². The number of nitrogens with zero attached hydrogens (tertiary/aromatic N) is 1. The van der Waals surface area contributed by atoms with E-state index in [1.807, 2.05) is 0 Å². The number of halogens is 2. The summed E-state index contributed by atoms with van der Waals surface area (Å²) in [6, 6.07) is 1.13. The molecule has 0 radical (unpaired) electrons. The number of hydrogen-bond acceptors (Lipinski definition) is 2. The number of hydrogen-bond donors (Lipinski definition) is 0. The molecule has 44 valence electrons. The van der Waals surface area contributed by atoms with Gasteiger partial charge in [-0.15, -0.1) is 0 Å². The predicted octanol–water partition coefficient (Wildman–Crippen LogP) is 1.61. The van der Waals surface area contributed by atoms with E-state index in [1.54, 1.807) is 0 Å². The maximum Gasteiger partial charge on any atom is 0.283 e. The lowest BCUT2D eigenvalue weighted by atomic mass is 10.5. The van der Waals surface area contributed by atoms with Crippen LogP contribution in [-0.4, -0.2) is 5.16 Å². The monoisotopic (exact) mass is 119 g/mol. The summed E-state index contributed by atoms with van der Waals surface area (Å²) in [6.45, 7) is 0. The Hall–Kier alpha value is -0.930. The molecule has 8 heavy (non-hydrogen) atoms. The van der Waals surface area contributed by atoms with Crippen molar-refractivity contribution in [2.45, 2.75) is 6.43 Å². The molecular weight excluding hydrogens is 116 g/mol. The topological polar surface area (TPSA) is 26.0 Å². The minimum Gasteiger partial charge on any atom is -0.364 e. The van der Waals surface area contributed by atoms with Crippen LogP contribution in [0.3, 0.4) is 0 Å². The molecule has 1 aromatic rings. The number of aromatic nitrogens is 1. The lowest BCUT2D eigenvalue weighted by molar-refractivity contribution is 0.140. The fourth-order valence-electron chi connectivity index (χ4n) is 0.334. The van der Waals surface area contributed by atoms with Crippen LogP contribution in [0.5, 0.6) is 0 Å². The largest absolute Gasteiger partial charge is 0.364 e. The van der Waals surface area contributed by atoms with E-state index >= 15 is 0 Å². The second-order valence-corrected chi connectivity index (χ2v) is 1.23. The van der Waals surface area contributed by atoms with Crippen LogP contribution < -0.4 is 0 Å². The van der Waals surface area contributed by atoms with Crippen molar-refractivity contribution in [3.8, 4) is 0 Å². The van der Waals surface area contributed by atoms with E-state index in [-0.39, 0.29) is 5.69 Å². The predicted molar refractivity (Wildman–Crippen MR) is 21.5 cm³/mol. The van der Waals surface area contributed by atoms with Gasteiger partial charge in [-0.25, -0.2) is 8.78 Å². The molecule has 0 saturated heterocycles. The smallest absolute Gasteiger partial charge is 0.283 e. The van der Waals surface area contributed by atoms with Crippen LogP contribution in [0, 0.1) is 0 Å². The van der Waals surface area contributed by atoms with E-state index in [0.29, 0.717) is 0 Å². The first-order valence-corrected chi connectivity index (χ1v) is 1.99. The molecule has 0 aliphatic rings. The Bertz CT molecular complexity index is 149. The van der Waals surface area contributed by atoms with Gasteiger partial charge in [0.2, 0.25) is 0 Å². The van der Waals surface area contributed by atoms with Crippen molar-refractivity contribution in [3.05, 3.63) is 18.0 Å². The van der Waals surface area contributed by atoms with Gasteiger partial charge in [0.05, 0.1) is 0 Å². The first-order valence-electron chi connectivity index (χ1n) is 1.99. The van der Waals surface area contributed by atoms with Crippen molar-refractivity contribution in [2.24, 2.45) is 0 Å². The highest BCUT2D eigenvalue weighted by Gasteiger charge is 2.08. The van der Waals surface area contributed by atoms with Gasteiger partial charge in [-0.2, -0.15) is 0 Å².